The minimum atomic E-state index is 0.286. The van der Waals surface area contributed by atoms with E-state index in [4.69, 9.17) is 11.6 Å². The van der Waals surface area contributed by atoms with Crippen molar-refractivity contribution in [3.05, 3.63) is 0 Å². The van der Waals surface area contributed by atoms with Crippen molar-refractivity contribution in [3.8, 4) is 0 Å². The predicted octanol–water partition coefficient (Wildman–Crippen LogP) is 2.08. The van der Waals surface area contributed by atoms with Gasteiger partial charge in [-0.05, 0) is 32.4 Å². The molecule has 1 saturated carbocycles. The van der Waals surface area contributed by atoms with E-state index in [9.17, 15) is 0 Å². The van der Waals surface area contributed by atoms with Crippen LogP contribution in [0, 0.1) is 0 Å². The van der Waals surface area contributed by atoms with Crippen molar-refractivity contribution in [1.29, 1.82) is 0 Å². The zero-order valence-corrected chi connectivity index (χ0v) is 10.2. The number of hydrogen-bond donors (Lipinski definition) is 1. The van der Waals surface area contributed by atoms with Crippen molar-refractivity contribution >= 4 is 11.6 Å². The largest absolute Gasteiger partial charge is 0.309 e. The van der Waals surface area contributed by atoms with Gasteiger partial charge in [0.25, 0.3) is 0 Å². The van der Waals surface area contributed by atoms with Crippen LogP contribution in [0.4, 0.5) is 0 Å². The molecule has 0 unspecified atom stereocenters. The second-order valence-electron chi connectivity index (χ2n) is 4.22. The maximum Gasteiger partial charge on any atom is 0.0406 e. The molecule has 84 valence electrons. The van der Waals surface area contributed by atoms with Gasteiger partial charge in [-0.3, -0.25) is 0 Å². The summed E-state index contributed by atoms with van der Waals surface area (Å²) in [4.78, 5) is 2.44. The fourth-order valence-electron chi connectivity index (χ4n) is 1.98. The van der Waals surface area contributed by atoms with Crippen LogP contribution in [0.25, 0.3) is 0 Å². The summed E-state index contributed by atoms with van der Waals surface area (Å²) in [6.07, 6.45) is 3.86. The van der Waals surface area contributed by atoms with E-state index in [0.717, 1.165) is 32.1 Å². The lowest BCUT2D eigenvalue weighted by molar-refractivity contribution is 0.198. The fourth-order valence-corrected chi connectivity index (χ4v) is 2.34. The van der Waals surface area contributed by atoms with E-state index in [-0.39, 0.29) is 5.54 Å². The molecule has 1 fully saturated rings. The molecule has 0 aliphatic heterocycles. The van der Waals surface area contributed by atoms with Crippen LogP contribution in [0.1, 0.15) is 33.1 Å². The zero-order chi connectivity index (χ0) is 10.4. The first-order chi connectivity index (χ1) is 6.76. The second-order valence-corrected chi connectivity index (χ2v) is 4.49. The molecule has 0 aromatic carbocycles. The van der Waals surface area contributed by atoms with Gasteiger partial charge in [0.15, 0.2) is 0 Å². The lowest BCUT2D eigenvalue weighted by Crippen LogP contribution is -2.54. The summed E-state index contributed by atoms with van der Waals surface area (Å²) in [7, 11) is 0. The zero-order valence-electron chi connectivity index (χ0n) is 9.48. The lowest BCUT2D eigenvalue weighted by atomic mass is 9.78. The van der Waals surface area contributed by atoms with Gasteiger partial charge >= 0.3 is 0 Å². The van der Waals surface area contributed by atoms with Crippen LogP contribution in [0.5, 0.6) is 0 Å². The molecule has 0 radical (unpaired) electrons. The fraction of sp³-hybridized carbons (Fsp3) is 1.00. The van der Waals surface area contributed by atoms with E-state index >= 15 is 0 Å². The first kappa shape index (κ1) is 12.3. The highest BCUT2D eigenvalue weighted by Gasteiger charge is 2.35. The molecule has 1 rings (SSSR count). The van der Waals surface area contributed by atoms with Crippen molar-refractivity contribution in [2.45, 2.75) is 38.6 Å². The minimum absolute atomic E-state index is 0.286. The van der Waals surface area contributed by atoms with Crippen LogP contribution in [-0.4, -0.2) is 42.5 Å². The SMILES string of the molecule is CCN(CC)CCNC1(CCl)CCC1. The summed E-state index contributed by atoms with van der Waals surface area (Å²) in [5.74, 6) is 0.769. The molecule has 1 N–H and O–H groups in total. The number of rotatable bonds is 7. The molecule has 0 aromatic heterocycles. The van der Waals surface area contributed by atoms with Crippen molar-refractivity contribution in [2.75, 3.05) is 32.1 Å². The molecule has 3 heteroatoms. The van der Waals surface area contributed by atoms with E-state index in [1.165, 1.54) is 19.3 Å². The van der Waals surface area contributed by atoms with Crippen LogP contribution in [0.2, 0.25) is 0 Å². The third-order valence-corrected chi connectivity index (χ3v) is 3.90. The van der Waals surface area contributed by atoms with E-state index in [1.807, 2.05) is 0 Å². The Bertz CT molecular complexity index is 148. The molecule has 0 spiro atoms. The molecule has 14 heavy (non-hydrogen) atoms. The number of nitrogens with one attached hydrogen (secondary N) is 1. The molecular weight excluding hydrogens is 196 g/mol. The summed E-state index contributed by atoms with van der Waals surface area (Å²) < 4.78 is 0. The van der Waals surface area contributed by atoms with Gasteiger partial charge in [-0.2, -0.15) is 0 Å². The summed E-state index contributed by atoms with van der Waals surface area (Å²) in [5, 5.41) is 3.61. The predicted molar refractivity (Wildman–Crippen MR) is 63.1 cm³/mol. The van der Waals surface area contributed by atoms with Crippen LogP contribution < -0.4 is 5.32 Å². The van der Waals surface area contributed by atoms with Gasteiger partial charge in [0.1, 0.15) is 0 Å². The topological polar surface area (TPSA) is 15.3 Å². The summed E-state index contributed by atoms with van der Waals surface area (Å²) >= 11 is 5.97. The van der Waals surface area contributed by atoms with Gasteiger partial charge in [-0.25, -0.2) is 0 Å². The van der Waals surface area contributed by atoms with Crippen molar-refractivity contribution < 1.29 is 0 Å². The Morgan fingerprint density at radius 3 is 2.29 bits per heavy atom. The Kier molecular flexibility index (Phi) is 5.21. The number of alkyl halides is 1. The van der Waals surface area contributed by atoms with Gasteiger partial charge in [-0.1, -0.05) is 13.8 Å². The lowest BCUT2D eigenvalue weighted by Gasteiger charge is -2.41. The second kappa shape index (κ2) is 5.94. The normalized spacial score (nSPS) is 19.7. The number of halogens is 1. The van der Waals surface area contributed by atoms with E-state index < -0.39 is 0 Å². The van der Waals surface area contributed by atoms with E-state index in [2.05, 4.69) is 24.1 Å². The maximum absolute atomic E-state index is 5.97. The van der Waals surface area contributed by atoms with Gasteiger partial charge in [0.05, 0.1) is 0 Å². The van der Waals surface area contributed by atoms with Crippen LogP contribution in [0.3, 0.4) is 0 Å². The molecule has 0 saturated heterocycles. The van der Waals surface area contributed by atoms with E-state index in [0.29, 0.717) is 0 Å². The first-order valence-electron chi connectivity index (χ1n) is 5.79. The number of likely N-dealkylation sites (N-methyl/N-ethyl adjacent to an activating group) is 1. The highest BCUT2D eigenvalue weighted by molar-refractivity contribution is 6.18. The Morgan fingerprint density at radius 2 is 1.93 bits per heavy atom. The van der Waals surface area contributed by atoms with Crippen molar-refractivity contribution in [2.24, 2.45) is 0 Å². The van der Waals surface area contributed by atoms with Crippen LogP contribution in [0.15, 0.2) is 0 Å². The highest BCUT2D eigenvalue weighted by Crippen LogP contribution is 2.32. The average molecular weight is 219 g/mol. The molecular formula is C11H23ClN2. The average Bonchev–Trinajstić information content (AvgIpc) is 2.16. The summed E-state index contributed by atoms with van der Waals surface area (Å²) in [6.45, 7) is 8.94. The maximum atomic E-state index is 5.97. The number of nitrogens with zero attached hydrogens (tertiary/aromatic N) is 1. The van der Waals surface area contributed by atoms with Gasteiger partial charge < -0.3 is 10.2 Å². The molecule has 0 aromatic rings. The quantitative estimate of drug-likeness (QED) is 0.659. The third kappa shape index (κ3) is 3.11. The first-order valence-corrected chi connectivity index (χ1v) is 6.33. The van der Waals surface area contributed by atoms with Crippen molar-refractivity contribution in [3.63, 3.8) is 0 Å². The molecule has 1 aliphatic carbocycles. The monoisotopic (exact) mass is 218 g/mol. The molecule has 1 aliphatic rings. The Labute approximate surface area is 93.0 Å². The van der Waals surface area contributed by atoms with Gasteiger partial charge in [0.2, 0.25) is 0 Å². The molecule has 0 atom stereocenters. The number of hydrogen-bond acceptors (Lipinski definition) is 2. The molecule has 2 nitrogen and oxygen atoms in total. The standard InChI is InChI=1S/C11H23ClN2/c1-3-14(4-2)9-8-13-11(10-12)6-5-7-11/h13H,3-10H2,1-2H3. The van der Waals surface area contributed by atoms with E-state index in [1.54, 1.807) is 0 Å². The minimum Gasteiger partial charge on any atom is -0.309 e. The smallest absolute Gasteiger partial charge is 0.0406 e. The summed E-state index contributed by atoms with van der Waals surface area (Å²) in [5.41, 5.74) is 0.286. The summed E-state index contributed by atoms with van der Waals surface area (Å²) in [6, 6.07) is 0. The molecule has 0 amide bonds. The Morgan fingerprint density at radius 1 is 1.29 bits per heavy atom. The molecule has 0 bridgehead atoms. The van der Waals surface area contributed by atoms with Gasteiger partial charge in [-0.15, -0.1) is 11.6 Å². The Balaban J connectivity index is 2.13. The Hall–Kier alpha value is 0.210. The third-order valence-electron chi connectivity index (χ3n) is 3.39. The highest BCUT2D eigenvalue weighted by atomic mass is 35.5. The van der Waals surface area contributed by atoms with Crippen LogP contribution in [-0.2, 0) is 0 Å². The van der Waals surface area contributed by atoms with Crippen LogP contribution >= 0.6 is 11.6 Å². The van der Waals surface area contributed by atoms with Gasteiger partial charge in [0, 0.05) is 24.5 Å². The molecule has 0 heterocycles. The van der Waals surface area contributed by atoms with Crippen molar-refractivity contribution in [1.82, 2.24) is 10.2 Å².